The molecule has 2 aromatic rings. The first-order chi connectivity index (χ1) is 14.1. The van der Waals surface area contributed by atoms with Gasteiger partial charge in [-0.25, -0.2) is 9.71 Å². The Bertz CT molecular complexity index is 828. The molecule has 2 heterocycles. The van der Waals surface area contributed by atoms with Gasteiger partial charge in [-0.15, -0.1) is 0 Å². The van der Waals surface area contributed by atoms with Gasteiger partial charge in [0.2, 0.25) is 5.95 Å². The van der Waals surface area contributed by atoms with E-state index in [9.17, 15) is 9.18 Å². The molecule has 1 amide bonds. The van der Waals surface area contributed by atoms with Gasteiger partial charge in [-0.2, -0.15) is 4.39 Å². The minimum atomic E-state index is -0.600. The lowest BCUT2D eigenvalue weighted by Crippen LogP contribution is -2.46. The van der Waals surface area contributed by atoms with Crippen molar-refractivity contribution in [3.63, 3.8) is 0 Å². The van der Waals surface area contributed by atoms with Crippen molar-refractivity contribution < 1.29 is 9.18 Å². The fourth-order valence-corrected chi connectivity index (χ4v) is 3.68. The minimum Gasteiger partial charge on any atom is -0.365 e. The van der Waals surface area contributed by atoms with E-state index in [4.69, 9.17) is 0 Å². The highest BCUT2D eigenvalue weighted by molar-refractivity contribution is 7.98. The highest BCUT2D eigenvalue weighted by Crippen LogP contribution is 2.21. The third-order valence-corrected chi connectivity index (χ3v) is 5.49. The summed E-state index contributed by atoms with van der Waals surface area (Å²) in [6.45, 7) is 6.90. The molecule has 7 nitrogen and oxygen atoms in total. The van der Waals surface area contributed by atoms with E-state index in [1.165, 1.54) is 24.7 Å². The van der Waals surface area contributed by atoms with E-state index in [1.807, 2.05) is 11.0 Å². The summed E-state index contributed by atoms with van der Waals surface area (Å²) in [6.07, 6.45) is 0. The molecule has 0 bridgehead atoms. The molecule has 0 radical (unpaired) electrons. The van der Waals surface area contributed by atoms with Gasteiger partial charge in [-0.3, -0.25) is 9.69 Å². The molecule has 1 aliphatic heterocycles. The molecule has 0 aliphatic carbocycles. The van der Waals surface area contributed by atoms with Crippen LogP contribution in [-0.2, 0) is 6.54 Å². The van der Waals surface area contributed by atoms with Crippen LogP contribution in [0.2, 0.25) is 0 Å². The normalized spacial score (nSPS) is 14.7. The zero-order chi connectivity index (χ0) is 20.6. The van der Waals surface area contributed by atoms with Gasteiger partial charge in [0, 0.05) is 64.1 Å². The van der Waals surface area contributed by atoms with Gasteiger partial charge in [0.05, 0.1) is 5.69 Å². The van der Waals surface area contributed by atoms with Crippen LogP contribution in [0.4, 0.5) is 15.8 Å². The monoisotopic (exact) mass is 418 g/mol. The van der Waals surface area contributed by atoms with Crippen LogP contribution in [-0.4, -0.2) is 55.6 Å². The number of anilines is 2. The van der Waals surface area contributed by atoms with E-state index >= 15 is 0 Å². The second-order valence-corrected chi connectivity index (χ2v) is 7.45. The molecule has 0 spiro atoms. The topological polar surface area (TPSA) is 72.5 Å². The largest absolute Gasteiger partial charge is 0.365 e. The zero-order valence-corrected chi connectivity index (χ0v) is 17.6. The summed E-state index contributed by atoms with van der Waals surface area (Å²) in [4.78, 5) is 19.7. The maximum atomic E-state index is 14.4. The number of benzene rings is 1. The van der Waals surface area contributed by atoms with Gasteiger partial charge in [-0.1, -0.05) is 19.1 Å². The van der Waals surface area contributed by atoms with Crippen LogP contribution in [0.3, 0.4) is 0 Å². The number of aromatic nitrogens is 1. The van der Waals surface area contributed by atoms with E-state index in [-0.39, 0.29) is 11.6 Å². The standard InChI is InChI=1S/C20H27FN6OS/c1-3-23-29-25-16-6-4-5-15(13-16)14-26-9-11-27(12-10-26)18-8-7-17(20(28)22-2)24-19(18)21/h4-8,13,23,25H,3,9-12,14H2,1-2H3,(H,22,28). The average molecular weight is 419 g/mol. The maximum Gasteiger partial charge on any atom is 0.269 e. The molecule has 1 aliphatic rings. The number of hydrogen-bond donors (Lipinski definition) is 3. The van der Waals surface area contributed by atoms with Crippen LogP contribution in [0.25, 0.3) is 0 Å². The molecular formula is C20H27FN6OS. The van der Waals surface area contributed by atoms with E-state index in [0.717, 1.165) is 31.9 Å². The minimum absolute atomic E-state index is 0.0909. The van der Waals surface area contributed by atoms with Crippen LogP contribution >= 0.6 is 12.1 Å². The van der Waals surface area contributed by atoms with E-state index in [2.05, 4.69) is 49.8 Å². The number of carbonyl (C=O) groups excluding carboxylic acids is 1. The predicted octanol–water partition coefficient (Wildman–Crippen LogP) is 2.49. The van der Waals surface area contributed by atoms with E-state index in [0.29, 0.717) is 18.8 Å². The first kappa shape index (κ1) is 21.4. The third kappa shape index (κ3) is 5.81. The molecule has 9 heteroatoms. The highest BCUT2D eigenvalue weighted by Gasteiger charge is 2.21. The van der Waals surface area contributed by atoms with Crippen LogP contribution < -0.4 is 19.7 Å². The Morgan fingerprint density at radius 1 is 1.21 bits per heavy atom. The number of rotatable bonds is 8. The zero-order valence-electron chi connectivity index (χ0n) is 16.7. The lowest BCUT2D eigenvalue weighted by Gasteiger charge is -2.36. The maximum absolute atomic E-state index is 14.4. The van der Waals surface area contributed by atoms with Crippen LogP contribution in [0.15, 0.2) is 36.4 Å². The Kier molecular flexibility index (Phi) is 7.68. The van der Waals surface area contributed by atoms with Crippen molar-refractivity contribution in [3.05, 3.63) is 53.6 Å². The van der Waals surface area contributed by atoms with Crippen molar-refractivity contribution in [1.82, 2.24) is 19.9 Å². The number of halogens is 1. The molecule has 1 aromatic carbocycles. The molecule has 156 valence electrons. The van der Waals surface area contributed by atoms with Gasteiger partial charge < -0.3 is 14.9 Å². The Balaban J connectivity index is 1.54. The van der Waals surface area contributed by atoms with Gasteiger partial charge >= 0.3 is 0 Å². The number of hydrogen-bond acceptors (Lipinski definition) is 7. The third-order valence-electron chi connectivity index (χ3n) is 4.72. The smallest absolute Gasteiger partial charge is 0.269 e. The lowest BCUT2D eigenvalue weighted by atomic mass is 10.1. The number of nitrogens with zero attached hydrogens (tertiary/aromatic N) is 3. The van der Waals surface area contributed by atoms with Crippen molar-refractivity contribution >= 4 is 29.4 Å². The lowest BCUT2D eigenvalue weighted by molar-refractivity contribution is 0.0957. The Morgan fingerprint density at radius 3 is 2.69 bits per heavy atom. The molecule has 0 atom stereocenters. The van der Waals surface area contributed by atoms with Gasteiger partial charge in [0.15, 0.2) is 0 Å². The van der Waals surface area contributed by atoms with Crippen molar-refractivity contribution in [2.45, 2.75) is 13.5 Å². The number of amides is 1. The highest BCUT2D eigenvalue weighted by atomic mass is 32.2. The summed E-state index contributed by atoms with van der Waals surface area (Å²) < 4.78 is 20.8. The SMILES string of the molecule is CCNSNc1cccc(CN2CCN(c3ccc(C(=O)NC)nc3F)CC2)c1. The number of piperazine rings is 1. The molecule has 1 aromatic heterocycles. The summed E-state index contributed by atoms with van der Waals surface area (Å²) in [5.74, 6) is -0.989. The van der Waals surface area contributed by atoms with Gasteiger partial charge in [-0.05, 0) is 29.8 Å². The van der Waals surface area contributed by atoms with Crippen molar-refractivity contribution in [2.75, 3.05) is 49.4 Å². The molecule has 0 unspecified atom stereocenters. The quantitative estimate of drug-likeness (QED) is 0.346. The van der Waals surface area contributed by atoms with Crippen molar-refractivity contribution in [3.8, 4) is 0 Å². The summed E-state index contributed by atoms with van der Waals surface area (Å²) in [7, 11) is 1.50. The summed E-state index contributed by atoms with van der Waals surface area (Å²) in [5.41, 5.74) is 2.84. The average Bonchev–Trinajstić information content (AvgIpc) is 2.74. The van der Waals surface area contributed by atoms with Gasteiger partial charge in [0.1, 0.15) is 5.69 Å². The number of nitrogens with one attached hydrogen (secondary N) is 3. The van der Waals surface area contributed by atoms with Gasteiger partial charge in [0.25, 0.3) is 5.91 Å². The number of pyridine rings is 1. The van der Waals surface area contributed by atoms with E-state index < -0.39 is 5.95 Å². The summed E-state index contributed by atoms with van der Waals surface area (Å²) in [6, 6.07) is 11.6. The molecule has 1 saturated heterocycles. The first-order valence-corrected chi connectivity index (χ1v) is 10.5. The molecular weight excluding hydrogens is 391 g/mol. The molecule has 1 fully saturated rings. The molecule has 3 rings (SSSR count). The second kappa shape index (κ2) is 10.4. The predicted molar refractivity (Wildman–Crippen MR) is 116 cm³/mol. The van der Waals surface area contributed by atoms with E-state index in [1.54, 1.807) is 12.1 Å². The Hall–Kier alpha value is -2.36. The Labute approximate surface area is 175 Å². The molecule has 29 heavy (non-hydrogen) atoms. The van der Waals surface area contributed by atoms with Crippen LogP contribution in [0, 0.1) is 5.95 Å². The second-order valence-electron chi connectivity index (χ2n) is 6.75. The van der Waals surface area contributed by atoms with Crippen LogP contribution in [0.5, 0.6) is 0 Å². The Morgan fingerprint density at radius 2 is 2.00 bits per heavy atom. The molecule has 0 saturated carbocycles. The molecule has 3 N–H and O–H groups in total. The van der Waals surface area contributed by atoms with Crippen LogP contribution in [0.1, 0.15) is 23.0 Å². The summed E-state index contributed by atoms with van der Waals surface area (Å²) >= 11 is 1.48. The first-order valence-electron chi connectivity index (χ1n) is 9.70. The fourth-order valence-electron chi connectivity index (χ4n) is 3.22. The van der Waals surface area contributed by atoms with Crippen molar-refractivity contribution in [1.29, 1.82) is 0 Å². The number of carbonyl (C=O) groups is 1. The summed E-state index contributed by atoms with van der Waals surface area (Å²) in [5, 5.41) is 2.46. The fraction of sp³-hybridized carbons (Fsp3) is 0.400. The van der Waals surface area contributed by atoms with Crippen molar-refractivity contribution in [2.24, 2.45) is 0 Å².